The number of Topliss-reactive ketones (excluding diaryl/α,β-unsaturated/α-hetero) is 1. The van der Waals surface area contributed by atoms with Crippen LogP contribution in [0.15, 0.2) is 88.7 Å². The van der Waals surface area contributed by atoms with Crippen molar-refractivity contribution in [1.29, 1.82) is 0 Å². The van der Waals surface area contributed by atoms with Crippen LogP contribution in [0.5, 0.6) is 0 Å². The summed E-state index contributed by atoms with van der Waals surface area (Å²) in [6, 6.07) is 19.8. The third-order valence-electron chi connectivity index (χ3n) is 5.74. The predicted molar refractivity (Wildman–Crippen MR) is 115 cm³/mol. The highest BCUT2D eigenvalue weighted by molar-refractivity contribution is 6.11. The highest BCUT2D eigenvalue weighted by Gasteiger charge is 2.42. The van der Waals surface area contributed by atoms with Crippen molar-refractivity contribution in [1.82, 2.24) is 0 Å². The minimum absolute atomic E-state index is 0.0521. The highest BCUT2D eigenvalue weighted by Crippen LogP contribution is 2.46. The lowest BCUT2D eigenvalue weighted by atomic mass is 9.83. The first kappa shape index (κ1) is 18.4. The number of hydrogen-bond donors (Lipinski definition) is 1. The number of carbonyl (C=O) groups is 2. The number of hydrogen-bond acceptors (Lipinski definition) is 4. The number of para-hydroxylation sites is 2. The van der Waals surface area contributed by atoms with Crippen LogP contribution in [0, 0.1) is 5.92 Å². The molecule has 0 saturated heterocycles. The van der Waals surface area contributed by atoms with Gasteiger partial charge in [0.15, 0.2) is 5.78 Å². The average Bonchev–Trinajstić information content (AvgIpc) is 3.23. The first-order chi connectivity index (χ1) is 14.6. The Morgan fingerprint density at radius 2 is 1.77 bits per heavy atom. The van der Waals surface area contributed by atoms with Gasteiger partial charge >= 0.3 is 0 Å². The molecule has 1 aliphatic carbocycles. The molecule has 2 heterocycles. The summed E-state index contributed by atoms with van der Waals surface area (Å²) in [6.45, 7) is 2.08. The van der Waals surface area contributed by atoms with Crippen LogP contribution < -0.4 is 10.2 Å². The van der Waals surface area contributed by atoms with E-state index in [-0.39, 0.29) is 17.6 Å². The number of nitrogens with one attached hydrogen (secondary N) is 1. The molecule has 2 aliphatic rings. The fourth-order valence-corrected chi connectivity index (χ4v) is 4.44. The Labute approximate surface area is 175 Å². The van der Waals surface area contributed by atoms with Gasteiger partial charge in [-0.15, -0.1) is 0 Å². The number of rotatable bonds is 2. The lowest BCUT2D eigenvalue weighted by molar-refractivity contribution is -0.117. The van der Waals surface area contributed by atoms with Crippen molar-refractivity contribution in [2.24, 2.45) is 5.92 Å². The molecule has 1 N–H and O–H groups in total. The molecule has 0 unspecified atom stereocenters. The molecular formula is C25H22N2O3. The van der Waals surface area contributed by atoms with E-state index in [1.807, 2.05) is 48.5 Å². The van der Waals surface area contributed by atoms with E-state index in [0.717, 1.165) is 23.5 Å². The van der Waals surface area contributed by atoms with Crippen LogP contribution in [0.3, 0.4) is 0 Å². The van der Waals surface area contributed by atoms with Gasteiger partial charge in [0.05, 0.1) is 17.6 Å². The highest BCUT2D eigenvalue weighted by atomic mass is 16.3. The number of nitrogens with zero attached hydrogens (tertiary/aromatic N) is 1. The third-order valence-corrected chi connectivity index (χ3v) is 5.74. The Kier molecular flexibility index (Phi) is 4.51. The number of furan rings is 1. The molecule has 1 aliphatic heterocycles. The number of fused-ring (bicyclic) bond motifs is 1. The topological polar surface area (TPSA) is 62.6 Å². The number of carbonyl (C=O) groups excluding carboxylic acids is 2. The minimum Gasteiger partial charge on any atom is -0.467 e. The summed E-state index contributed by atoms with van der Waals surface area (Å²) in [7, 11) is 0. The standard InChI is InChI=1S/C25H22N2O3/c1-16-14-19-23(21(28)15-16)24(22-12-7-13-30-22)27(20-11-6-5-10-18(20)26-19)25(29)17-8-3-2-4-9-17/h2-13,16,24,26H,14-15H2,1H3/t16-,24-/m0/s1. The van der Waals surface area contributed by atoms with Crippen LogP contribution in [0.4, 0.5) is 11.4 Å². The Balaban J connectivity index is 1.77. The van der Waals surface area contributed by atoms with Crippen molar-refractivity contribution in [3.8, 4) is 0 Å². The second kappa shape index (κ2) is 7.34. The monoisotopic (exact) mass is 398 g/mol. The summed E-state index contributed by atoms with van der Waals surface area (Å²) >= 11 is 0. The number of anilines is 2. The van der Waals surface area contributed by atoms with Crippen LogP contribution >= 0.6 is 0 Å². The first-order valence-electron chi connectivity index (χ1n) is 10.2. The summed E-state index contributed by atoms with van der Waals surface area (Å²) < 4.78 is 5.78. The van der Waals surface area contributed by atoms with Gasteiger partial charge in [0.25, 0.3) is 5.91 Å². The molecule has 0 radical (unpaired) electrons. The lowest BCUT2D eigenvalue weighted by Gasteiger charge is -2.33. The van der Waals surface area contributed by atoms with E-state index in [1.54, 1.807) is 29.4 Å². The number of ketones is 1. The van der Waals surface area contributed by atoms with Crippen LogP contribution in [0.2, 0.25) is 0 Å². The molecule has 2 atom stereocenters. The van der Waals surface area contributed by atoms with Crippen molar-refractivity contribution in [2.75, 3.05) is 10.2 Å². The summed E-state index contributed by atoms with van der Waals surface area (Å²) in [5, 5.41) is 3.47. The van der Waals surface area contributed by atoms with Gasteiger partial charge < -0.3 is 9.73 Å². The summed E-state index contributed by atoms with van der Waals surface area (Å²) in [5.41, 5.74) is 3.58. The Bertz CT molecular complexity index is 1130. The quantitative estimate of drug-likeness (QED) is 0.632. The fourth-order valence-electron chi connectivity index (χ4n) is 4.44. The van der Waals surface area contributed by atoms with Gasteiger partial charge in [-0.1, -0.05) is 37.3 Å². The molecule has 2 aromatic carbocycles. The van der Waals surface area contributed by atoms with Gasteiger partial charge in [-0.05, 0) is 48.7 Å². The maximum Gasteiger partial charge on any atom is 0.259 e. The third kappa shape index (κ3) is 3.03. The average molecular weight is 398 g/mol. The van der Waals surface area contributed by atoms with Gasteiger partial charge in [0.1, 0.15) is 11.8 Å². The van der Waals surface area contributed by atoms with Gasteiger partial charge in [0, 0.05) is 23.3 Å². The van der Waals surface area contributed by atoms with Crippen LogP contribution in [0.1, 0.15) is 41.9 Å². The van der Waals surface area contributed by atoms with E-state index >= 15 is 0 Å². The predicted octanol–water partition coefficient (Wildman–Crippen LogP) is 5.35. The summed E-state index contributed by atoms with van der Waals surface area (Å²) in [5.74, 6) is 0.695. The molecule has 150 valence electrons. The molecule has 5 nitrogen and oxygen atoms in total. The fraction of sp³-hybridized carbons (Fsp3) is 0.200. The van der Waals surface area contributed by atoms with Crippen molar-refractivity contribution in [2.45, 2.75) is 25.8 Å². The molecule has 3 aromatic rings. The zero-order valence-corrected chi connectivity index (χ0v) is 16.7. The molecule has 0 saturated carbocycles. The SMILES string of the molecule is C[C@@H]1CC(=O)C2=C(C1)Nc1ccccc1N(C(=O)c1ccccc1)[C@H]2c1ccco1. The van der Waals surface area contributed by atoms with Gasteiger partial charge in [-0.2, -0.15) is 0 Å². The second-order valence-corrected chi connectivity index (χ2v) is 7.93. The van der Waals surface area contributed by atoms with Crippen molar-refractivity contribution in [3.63, 3.8) is 0 Å². The van der Waals surface area contributed by atoms with E-state index < -0.39 is 6.04 Å². The van der Waals surface area contributed by atoms with E-state index in [4.69, 9.17) is 4.42 Å². The molecular weight excluding hydrogens is 376 g/mol. The van der Waals surface area contributed by atoms with E-state index in [1.165, 1.54) is 0 Å². The van der Waals surface area contributed by atoms with E-state index in [0.29, 0.717) is 23.3 Å². The minimum atomic E-state index is -0.626. The number of allylic oxidation sites excluding steroid dienone is 1. The molecule has 0 bridgehead atoms. The normalized spacial score (nSPS) is 20.8. The summed E-state index contributed by atoms with van der Waals surface area (Å²) in [6.07, 6.45) is 2.79. The zero-order chi connectivity index (χ0) is 20.7. The van der Waals surface area contributed by atoms with Crippen LogP contribution in [0.25, 0.3) is 0 Å². The maximum absolute atomic E-state index is 13.8. The van der Waals surface area contributed by atoms with Crippen molar-refractivity contribution < 1.29 is 14.0 Å². The van der Waals surface area contributed by atoms with Crippen LogP contribution in [-0.4, -0.2) is 11.7 Å². The first-order valence-corrected chi connectivity index (χ1v) is 10.2. The zero-order valence-electron chi connectivity index (χ0n) is 16.7. The Morgan fingerprint density at radius 1 is 1.00 bits per heavy atom. The largest absolute Gasteiger partial charge is 0.467 e. The van der Waals surface area contributed by atoms with E-state index in [9.17, 15) is 9.59 Å². The number of amides is 1. The molecule has 1 aromatic heterocycles. The summed E-state index contributed by atoms with van der Waals surface area (Å²) in [4.78, 5) is 28.8. The van der Waals surface area contributed by atoms with Gasteiger partial charge in [0.2, 0.25) is 0 Å². The Hall–Kier alpha value is -3.60. The van der Waals surface area contributed by atoms with E-state index in [2.05, 4.69) is 12.2 Å². The molecule has 1 amide bonds. The molecule has 5 heteroatoms. The number of benzene rings is 2. The van der Waals surface area contributed by atoms with Crippen molar-refractivity contribution in [3.05, 3.63) is 95.6 Å². The second-order valence-electron chi connectivity index (χ2n) is 7.93. The van der Waals surface area contributed by atoms with Crippen molar-refractivity contribution >= 4 is 23.1 Å². The molecule has 0 spiro atoms. The molecule has 30 heavy (non-hydrogen) atoms. The van der Waals surface area contributed by atoms with Gasteiger partial charge in [-0.3, -0.25) is 14.5 Å². The molecule has 0 fully saturated rings. The molecule has 5 rings (SSSR count). The smallest absolute Gasteiger partial charge is 0.259 e. The lowest BCUT2D eigenvalue weighted by Crippen LogP contribution is -2.38. The maximum atomic E-state index is 13.8. The Morgan fingerprint density at radius 3 is 2.53 bits per heavy atom. The van der Waals surface area contributed by atoms with Crippen LogP contribution in [-0.2, 0) is 4.79 Å². The van der Waals surface area contributed by atoms with Gasteiger partial charge in [-0.25, -0.2) is 0 Å².